The molecule has 0 fully saturated rings. The quantitative estimate of drug-likeness (QED) is 0.550. The molecule has 4 aromatic rings. The lowest BCUT2D eigenvalue weighted by Gasteiger charge is -2.17. The zero-order valence-electron chi connectivity index (χ0n) is 18.1. The van der Waals surface area contributed by atoms with E-state index in [2.05, 4.69) is 31.1 Å². The van der Waals surface area contributed by atoms with Gasteiger partial charge in [0.05, 0.1) is 18.3 Å². The number of aliphatic hydroxyl groups excluding tert-OH is 1. The first-order chi connectivity index (χ1) is 14.2. The van der Waals surface area contributed by atoms with Gasteiger partial charge in [-0.2, -0.15) is 5.10 Å². The van der Waals surface area contributed by atoms with Gasteiger partial charge in [0.1, 0.15) is 5.52 Å². The molecule has 4 rings (SSSR count). The molecule has 1 unspecified atom stereocenters. The molecule has 1 atom stereocenters. The minimum Gasteiger partial charge on any atom is -0.387 e. The number of benzene rings is 2. The number of hydrogen-bond donors (Lipinski definition) is 1. The number of fused-ring (bicyclic) bond motifs is 1. The van der Waals surface area contributed by atoms with Crippen molar-refractivity contribution in [2.45, 2.75) is 47.3 Å². The number of aromatic nitrogens is 3. The third kappa shape index (κ3) is 3.57. The standard InChI is InChI=1S/C25H27N3O2/c1-15-6-7-20(18(4)10-15)22-13-23-25(30)27(8-9-28(23)26-22)14-24(29)21-12-17(3)16(2)11-19(21)5/h6-13,24,29H,14H2,1-5H3. The average molecular weight is 402 g/mol. The van der Waals surface area contributed by atoms with E-state index in [0.717, 1.165) is 33.5 Å². The second-order valence-electron chi connectivity index (χ2n) is 8.24. The molecule has 0 aliphatic rings. The highest BCUT2D eigenvalue weighted by Gasteiger charge is 2.16. The summed E-state index contributed by atoms with van der Waals surface area (Å²) in [6.45, 7) is 10.4. The fourth-order valence-electron chi connectivity index (χ4n) is 4.03. The van der Waals surface area contributed by atoms with E-state index >= 15 is 0 Å². The summed E-state index contributed by atoms with van der Waals surface area (Å²) in [5, 5.41) is 15.4. The Hall–Kier alpha value is -3.18. The highest BCUT2D eigenvalue weighted by Crippen LogP contribution is 2.25. The van der Waals surface area contributed by atoms with E-state index in [1.165, 1.54) is 11.1 Å². The first-order valence-electron chi connectivity index (χ1n) is 10.2. The van der Waals surface area contributed by atoms with Crippen LogP contribution in [0.3, 0.4) is 0 Å². The van der Waals surface area contributed by atoms with Gasteiger partial charge in [0, 0.05) is 18.0 Å². The van der Waals surface area contributed by atoms with Gasteiger partial charge in [0.15, 0.2) is 0 Å². The second-order valence-corrected chi connectivity index (χ2v) is 8.24. The maximum absolute atomic E-state index is 13.1. The molecule has 5 nitrogen and oxygen atoms in total. The van der Waals surface area contributed by atoms with Gasteiger partial charge in [-0.15, -0.1) is 0 Å². The Balaban J connectivity index is 1.70. The number of hydrogen-bond acceptors (Lipinski definition) is 3. The summed E-state index contributed by atoms with van der Waals surface area (Å²) < 4.78 is 3.17. The van der Waals surface area contributed by atoms with Gasteiger partial charge in [-0.1, -0.05) is 35.9 Å². The maximum atomic E-state index is 13.1. The first-order valence-corrected chi connectivity index (χ1v) is 10.2. The predicted molar refractivity (Wildman–Crippen MR) is 120 cm³/mol. The molecule has 2 heterocycles. The molecule has 0 radical (unpaired) electrons. The van der Waals surface area contributed by atoms with E-state index in [4.69, 9.17) is 0 Å². The Kier molecular flexibility index (Phi) is 5.08. The predicted octanol–water partition coefficient (Wildman–Crippen LogP) is 4.44. The highest BCUT2D eigenvalue weighted by molar-refractivity contribution is 5.68. The van der Waals surface area contributed by atoms with Crippen LogP contribution in [-0.4, -0.2) is 19.3 Å². The van der Waals surface area contributed by atoms with Gasteiger partial charge in [0.2, 0.25) is 0 Å². The second kappa shape index (κ2) is 7.58. The van der Waals surface area contributed by atoms with Crippen molar-refractivity contribution in [3.8, 4) is 11.3 Å². The molecule has 0 bridgehead atoms. The zero-order chi connectivity index (χ0) is 21.6. The Morgan fingerprint density at radius 2 is 1.63 bits per heavy atom. The first kappa shape index (κ1) is 20.1. The molecule has 0 aliphatic carbocycles. The van der Waals surface area contributed by atoms with Crippen molar-refractivity contribution in [3.05, 3.63) is 92.5 Å². The molecule has 30 heavy (non-hydrogen) atoms. The molecule has 0 spiro atoms. The van der Waals surface area contributed by atoms with Crippen molar-refractivity contribution >= 4 is 5.52 Å². The molecule has 0 amide bonds. The lowest BCUT2D eigenvalue weighted by Crippen LogP contribution is -2.24. The van der Waals surface area contributed by atoms with Crippen LogP contribution in [0.5, 0.6) is 0 Å². The van der Waals surface area contributed by atoms with E-state index in [-0.39, 0.29) is 12.1 Å². The molecular weight excluding hydrogens is 374 g/mol. The fourth-order valence-corrected chi connectivity index (χ4v) is 4.03. The van der Waals surface area contributed by atoms with Crippen molar-refractivity contribution in [1.82, 2.24) is 14.2 Å². The number of nitrogens with zero attached hydrogens (tertiary/aromatic N) is 3. The van der Waals surface area contributed by atoms with Crippen LogP contribution >= 0.6 is 0 Å². The Bertz CT molecular complexity index is 1310. The summed E-state index contributed by atoms with van der Waals surface area (Å²) in [5.41, 5.74) is 8.64. The molecule has 154 valence electrons. The molecule has 0 saturated carbocycles. The van der Waals surface area contributed by atoms with Crippen LogP contribution < -0.4 is 5.56 Å². The van der Waals surface area contributed by atoms with Gasteiger partial charge in [-0.25, -0.2) is 4.52 Å². The molecule has 0 aliphatic heterocycles. The van der Waals surface area contributed by atoms with Crippen molar-refractivity contribution in [2.75, 3.05) is 0 Å². The lowest BCUT2D eigenvalue weighted by molar-refractivity contribution is 0.154. The van der Waals surface area contributed by atoms with Crippen LogP contribution in [-0.2, 0) is 6.54 Å². The monoisotopic (exact) mass is 401 g/mol. The fraction of sp³-hybridized carbons (Fsp3) is 0.280. The topological polar surface area (TPSA) is 59.5 Å². The number of aryl methyl sites for hydroxylation is 5. The number of aliphatic hydroxyl groups is 1. The third-order valence-corrected chi connectivity index (χ3v) is 5.87. The van der Waals surface area contributed by atoms with Gasteiger partial charge in [-0.05, 0) is 68.5 Å². The maximum Gasteiger partial charge on any atom is 0.276 e. The van der Waals surface area contributed by atoms with Crippen molar-refractivity contribution in [2.24, 2.45) is 0 Å². The summed E-state index contributed by atoms with van der Waals surface area (Å²) in [7, 11) is 0. The summed E-state index contributed by atoms with van der Waals surface area (Å²) in [6, 6.07) is 12.1. The van der Waals surface area contributed by atoms with E-state index in [1.807, 2.05) is 45.0 Å². The third-order valence-electron chi connectivity index (χ3n) is 5.87. The van der Waals surface area contributed by atoms with E-state index in [9.17, 15) is 9.90 Å². The van der Waals surface area contributed by atoms with Crippen molar-refractivity contribution in [1.29, 1.82) is 0 Å². The van der Waals surface area contributed by atoms with Gasteiger partial charge < -0.3 is 9.67 Å². The normalized spacial score (nSPS) is 12.5. The summed E-state index contributed by atoms with van der Waals surface area (Å²) in [5.74, 6) is 0. The lowest BCUT2D eigenvalue weighted by atomic mass is 9.97. The van der Waals surface area contributed by atoms with E-state index in [0.29, 0.717) is 5.52 Å². The van der Waals surface area contributed by atoms with Gasteiger partial charge in [0.25, 0.3) is 5.56 Å². The molecular formula is C25H27N3O2. The van der Waals surface area contributed by atoms with Crippen LogP contribution in [0.2, 0.25) is 0 Å². The molecule has 0 saturated heterocycles. The zero-order valence-corrected chi connectivity index (χ0v) is 18.1. The van der Waals surface area contributed by atoms with Gasteiger partial charge >= 0.3 is 0 Å². The summed E-state index contributed by atoms with van der Waals surface area (Å²) in [4.78, 5) is 13.1. The molecule has 1 N–H and O–H groups in total. The van der Waals surface area contributed by atoms with Crippen LogP contribution in [0.25, 0.3) is 16.8 Å². The van der Waals surface area contributed by atoms with Crippen LogP contribution in [0, 0.1) is 34.6 Å². The Morgan fingerprint density at radius 1 is 0.900 bits per heavy atom. The highest BCUT2D eigenvalue weighted by atomic mass is 16.3. The summed E-state index contributed by atoms with van der Waals surface area (Å²) >= 11 is 0. The SMILES string of the molecule is Cc1ccc(-c2cc3c(=O)n(CC(O)c4cc(C)c(C)cc4C)ccn3n2)c(C)c1. The molecule has 5 heteroatoms. The van der Waals surface area contributed by atoms with Crippen LogP contribution in [0.1, 0.15) is 39.5 Å². The van der Waals surface area contributed by atoms with Crippen LogP contribution in [0.15, 0.2) is 53.6 Å². The number of rotatable bonds is 4. The van der Waals surface area contributed by atoms with E-state index < -0.39 is 6.10 Å². The van der Waals surface area contributed by atoms with E-state index in [1.54, 1.807) is 21.5 Å². The van der Waals surface area contributed by atoms with Crippen molar-refractivity contribution in [3.63, 3.8) is 0 Å². The van der Waals surface area contributed by atoms with Gasteiger partial charge in [-0.3, -0.25) is 4.79 Å². The minimum absolute atomic E-state index is 0.165. The molecule has 2 aromatic carbocycles. The van der Waals surface area contributed by atoms with Crippen molar-refractivity contribution < 1.29 is 5.11 Å². The summed E-state index contributed by atoms with van der Waals surface area (Å²) in [6.07, 6.45) is 2.70. The minimum atomic E-state index is -0.758. The molecule has 2 aromatic heterocycles. The average Bonchev–Trinajstić information content (AvgIpc) is 3.11. The largest absolute Gasteiger partial charge is 0.387 e. The van der Waals surface area contributed by atoms with Crippen LogP contribution in [0.4, 0.5) is 0 Å². The Morgan fingerprint density at radius 3 is 2.37 bits per heavy atom. The smallest absolute Gasteiger partial charge is 0.276 e. The Labute approximate surface area is 176 Å².